The summed E-state index contributed by atoms with van der Waals surface area (Å²) in [6.07, 6.45) is 0.933. The largest absolute Gasteiger partial charge is 0.456 e. The molecule has 0 fully saturated rings. The molecule has 2 aromatic heterocycles. The second-order valence-corrected chi connectivity index (χ2v) is 3.65. The number of hydrogen-bond donors (Lipinski definition) is 2. The lowest BCUT2D eigenvalue weighted by Crippen LogP contribution is -1.86. The van der Waals surface area contributed by atoms with Gasteiger partial charge in [0.1, 0.15) is 4.92 Å². The van der Waals surface area contributed by atoms with Crippen molar-refractivity contribution in [2.75, 3.05) is 0 Å². The summed E-state index contributed by atoms with van der Waals surface area (Å²) in [4.78, 5) is 25.5. The molecular formula is C7H6N4O6S2. The van der Waals surface area contributed by atoms with Crippen LogP contribution in [0.4, 0.5) is 11.7 Å². The van der Waals surface area contributed by atoms with E-state index < -0.39 is 9.85 Å². The summed E-state index contributed by atoms with van der Waals surface area (Å²) in [6.45, 7) is 1.49. The van der Waals surface area contributed by atoms with Gasteiger partial charge in [-0.25, -0.2) is 4.98 Å². The van der Waals surface area contributed by atoms with Gasteiger partial charge in [0, 0.05) is 4.98 Å². The molecular weight excluding hydrogens is 300 g/mol. The fraction of sp³-hybridized carbons (Fsp3) is 0.143. The van der Waals surface area contributed by atoms with Gasteiger partial charge in [-0.1, -0.05) is 25.3 Å². The van der Waals surface area contributed by atoms with Crippen molar-refractivity contribution in [1.29, 1.82) is 0 Å². The van der Waals surface area contributed by atoms with E-state index in [2.05, 4.69) is 44.1 Å². The van der Waals surface area contributed by atoms with Crippen molar-refractivity contribution in [1.82, 2.24) is 9.97 Å². The normalized spacial score (nSPS) is 9.63. The fourth-order valence-electron chi connectivity index (χ4n) is 0.884. The Hall–Kier alpha value is -2.08. The molecule has 0 aliphatic heterocycles. The average molecular weight is 306 g/mol. The molecule has 2 heterocycles. The molecule has 0 saturated carbocycles. The van der Waals surface area contributed by atoms with E-state index in [-0.39, 0.29) is 27.8 Å². The third-order valence-electron chi connectivity index (χ3n) is 1.59. The minimum Gasteiger partial charge on any atom is -0.414 e. The maximum Gasteiger partial charge on any atom is 0.456 e. The molecule has 2 rings (SSSR count). The van der Waals surface area contributed by atoms with E-state index in [1.807, 2.05) is 0 Å². The number of rotatable bonds is 2. The minimum absolute atomic E-state index is 0.00157. The molecule has 0 amide bonds. The highest BCUT2D eigenvalue weighted by atomic mass is 32.1. The Morgan fingerprint density at radius 3 is 2.00 bits per heavy atom. The Bertz CT molecular complexity index is 609. The van der Waals surface area contributed by atoms with Gasteiger partial charge < -0.3 is 18.9 Å². The third kappa shape index (κ3) is 4.26. The topological polar surface area (TPSA) is 138 Å². The van der Waals surface area contributed by atoms with Crippen molar-refractivity contribution in [2.24, 2.45) is 0 Å². The molecule has 0 saturated heterocycles. The van der Waals surface area contributed by atoms with Crippen LogP contribution in [0.1, 0.15) is 5.69 Å². The molecule has 0 aliphatic rings. The van der Waals surface area contributed by atoms with E-state index >= 15 is 0 Å². The number of nitrogens with zero attached hydrogens (tertiary/aromatic N) is 4. The summed E-state index contributed by atoms with van der Waals surface area (Å²) in [7, 11) is 0. The Kier molecular flexibility index (Phi) is 4.88. The van der Waals surface area contributed by atoms with Gasteiger partial charge in [0.05, 0.1) is 0 Å². The monoisotopic (exact) mass is 306 g/mol. The maximum absolute atomic E-state index is 10.1. The summed E-state index contributed by atoms with van der Waals surface area (Å²) in [5, 5.41) is 20.0. The van der Waals surface area contributed by atoms with Gasteiger partial charge in [0.2, 0.25) is 0 Å². The van der Waals surface area contributed by atoms with Gasteiger partial charge >= 0.3 is 16.9 Å². The van der Waals surface area contributed by atoms with Crippen LogP contribution in [0.15, 0.2) is 25.5 Å². The van der Waals surface area contributed by atoms with Crippen molar-refractivity contribution in [3.05, 3.63) is 32.2 Å². The molecule has 0 bridgehead atoms. The summed E-state index contributed by atoms with van der Waals surface area (Å²) >= 11 is 7.30. The van der Waals surface area contributed by atoms with E-state index in [9.17, 15) is 20.2 Å². The van der Waals surface area contributed by atoms with Crippen LogP contribution in [0.2, 0.25) is 0 Å². The minimum atomic E-state index is -0.650. The first-order valence-electron chi connectivity index (χ1n) is 4.41. The van der Waals surface area contributed by atoms with Crippen molar-refractivity contribution >= 4 is 37.0 Å². The highest BCUT2D eigenvalue weighted by Crippen LogP contribution is 2.19. The number of aromatic nitrogens is 2. The molecule has 0 aliphatic carbocycles. The third-order valence-corrected chi connectivity index (χ3v) is 1.99. The van der Waals surface area contributed by atoms with Crippen molar-refractivity contribution in [3.8, 4) is 0 Å². The molecule has 0 atom stereocenters. The number of oxazole rings is 2. The Labute approximate surface area is 116 Å². The number of hydrogen-bond acceptors (Lipinski definition) is 10. The van der Waals surface area contributed by atoms with Gasteiger partial charge in [0.25, 0.3) is 5.22 Å². The van der Waals surface area contributed by atoms with Crippen molar-refractivity contribution < 1.29 is 18.7 Å². The molecule has 2 aromatic rings. The van der Waals surface area contributed by atoms with Crippen LogP contribution in [0.5, 0.6) is 0 Å². The number of thiol groups is 2. The van der Waals surface area contributed by atoms with Crippen LogP contribution in [0.25, 0.3) is 0 Å². The van der Waals surface area contributed by atoms with Gasteiger partial charge in [0.15, 0.2) is 12.0 Å². The maximum atomic E-state index is 10.1. The van der Waals surface area contributed by atoms with Gasteiger partial charge in [-0.05, 0) is 11.8 Å². The lowest BCUT2D eigenvalue weighted by atomic mass is 10.5. The van der Waals surface area contributed by atoms with Gasteiger partial charge in [-0.15, -0.1) is 0 Å². The molecule has 102 valence electrons. The summed E-state index contributed by atoms with van der Waals surface area (Å²) in [5.74, 6) is -0.662. The second kappa shape index (κ2) is 6.19. The molecule has 0 spiro atoms. The molecule has 0 N–H and O–H groups in total. The molecule has 0 unspecified atom stereocenters. The van der Waals surface area contributed by atoms with Crippen LogP contribution in [0.3, 0.4) is 0 Å². The van der Waals surface area contributed by atoms with Crippen LogP contribution in [-0.4, -0.2) is 19.8 Å². The number of nitro groups is 2. The van der Waals surface area contributed by atoms with E-state index in [4.69, 9.17) is 0 Å². The van der Waals surface area contributed by atoms with Crippen LogP contribution >= 0.6 is 25.3 Å². The lowest BCUT2D eigenvalue weighted by molar-refractivity contribution is -0.403. The predicted molar refractivity (Wildman–Crippen MR) is 65.6 cm³/mol. The highest BCUT2D eigenvalue weighted by Gasteiger charge is 2.17. The van der Waals surface area contributed by atoms with E-state index in [1.165, 1.54) is 6.92 Å². The first kappa shape index (κ1) is 15.0. The van der Waals surface area contributed by atoms with Crippen LogP contribution in [0, 0.1) is 27.2 Å². The average Bonchev–Trinajstić information content (AvgIpc) is 2.85. The second-order valence-electron chi connectivity index (χ2n) is 2.89. The smallest absolute Gasteiger partial charge is 0.414 e. The predicted octanol–water partition coefficient (Wildman–Crippen LogP) is 2.05. The van der Waals surface area contributed by atoms with E-state index in [0.29, 0.717) is 0 Å². The molecule has 0 radical (unpaired) electrons. The Balaban J connectivity index is 0.000000191. The SMILES string of the molecule is Cc1nc(S)oc1[N+](=O)[O-].O=[N+]([O-])c1coc(S)n1. The zero-order valence-electron chi connectivity index (χ0n) is 9.21. The van der Waals surface area contributed by atoms with Crippen LogP contribution in [-0.2, 0) is 0 Å². The van der Waals surface area contributed by atoms with Crippen molar-refractivity contribution in [2.45, 2.75) is 17.4 Å². The highest BCUT2D eigenvalue weighted by molar-refractivity contribution is 7.80. The quantitative estimate of drug-likeness (QED) is 0.488. The van der Waals surface area contributed by atoms with Crippen molar-refractivity contribution in [3.63, 3.8) is 0 Å². The molecule has 10 nitrogen and oxygen atoms in total. The Morgan fingerprint density at radius 1 is 1.16 bits per heavy atom. The lowest BCUT2D eigenvalue weighted by Gasteiger charge is -1.80. The first-order valence-corrected chi connectivity index (χ1v) is 5.30. The standard InChI is InChI=1S/C4H4N2O3S.C3H2N2O3S/c1-2-3(6(7)8)9-4(10)5-2;6-5(7)2-1-8-3(9)4-2/h1H3,(H,5,10);1H,(H,4,9). The summed E-state index contributed by atoms with van der Waals surface area (Å²) < 4.78 is 8.97. The molecule has 0 aromatic carbocycles. The zero-order valence-corrected chi connectivity index (χ0v) is 11.0. The van der Waals surface area contributed by atoms with Crippen LogP contribution < -0.4 is 0 Å². The van der Waals surface area contributed by atoms with E-state index in [1.54, 1.807) is 0 Å². The zero-order chi connectivity index (χ0) is 14.6. The first-order chi connectivity index (χ1) is 8.81. The van der Waals surface area contributed by atoms with Gasteiger partial charge in [-0.2, -0.15) is 0 Å². The number of aryl methyl sites for hydroxylation is 1. The fourth-order valence-corrected chi connectivity index (χ4v) is 1.28. The molecule has 19 heavy (non-hydrogen) atoms. The van der Waals surface area contributed by atoms with E-state index in [0.717, 1.165) is 6.26 Å². The Morgan fingerprint density at radius 2 is 1.79 bits per heavy atom. The summed E-state index contributed by atoms with van der Waals surface area (Å²) in [6, 6.07) is 0. The molecule has 12 heteroatoms. The summed E-state index contributed by atoms with van der Waals surface area (Å²) in [5.41, 5.74) is 0.245. The van der Waals surface area contributed by atoms with Gasteiger partial charge in [-0.3, -0.25) is 10.1 Å².